The molecule has 368 valence electrons. The van der Waals surface area contributed by atoms with E-state index in [1.807, 2.05) is 0 Å². The molecule has 4 atom stereocenters. The Morgan fingerprint density at radius 2 is 0.735 bits per heavy atom. The first-order valence-electron chi connectivity index (χ1n) is 22.4. The molecule has 0 fully saturated rings. The van der Waals surface area contributed by atoms with E-state index >= 15 is 0 Å². The minimum absolute atomic E-state index is 0. The average Bonchev–Trinajstić information content (AvgIpc) is 3.48. The summed E-state index contributed by atoms with van der Waals surface area (Å²) in [5.41, 5.74) is 17.0. The van der Waals surface area contributed by atoms with Crippen LogP contribution < -0.4 is 31.1 Å². The minimum Gasteiger partial charge on any atom is -0.358 e. The average molecular weight is 1050 g/mol. The summed E-state index contributed by atoms with van der Waals surface area (Å²) < 4.78 is 0. The second-order valence-electron chi connectivity index (χ2n) is 21.7. The van der Waals surface area contributed by atoms with Crippen LogP contribution in [0.2, 0.25) is 62.5 Å². The number of hydrogen-bond acceptors (Lipinski definition) is 0. The Morgan fingerprint density at radius 3 is 1.06 bits per heavy atom. The van der Waals surface area contributed by atoms with Gasteiger partial charge < -0.3 is 44.6 Å². The van der Waals surface area contributed by atoms with Crippen molar-refractivity contribution in [2.75, 3.05) is 0 Å². The van der Waals surface area contributed by atoms with E-state index < -0.39 is 32.3 Å². The molecule has 0 amide bonds. The van der Waals surface area contributed by atoms with E-state index in [4.69, 9.17) is 0 Å². The van der Waals surface area contributed by atoms with Crippen LogP contribution in [0.3, 0.4) is 0 Å². The zero-order valence-electron chi connectivity index (χ0n) is 48.9. The fraction of sp³-hybridized carbons (Fsp3) is 0.387. The maximum Gasteiger partial charge on any atom is 4.00 e. The molecule has 0 saturated carbocycles. The molecule has 0 spiro atoms. The molecule has 0 aliphatic heterocycles. The molecule has 2 aliphatic carbocycles. The van der Waals surface area contributed by atoms with Gasteiger partial charge in [0.15, 0.2) is 0 Å². The molecule has 68 heavy (non-hydrogen) atoms. The summed E-state index contributed by atoms with van der Waals surface area (Å²) in [6.07, 6.45) is 8.01. The Bertz CT molecular complexity index is 2490. The summed E-state index contributed by atoms with van der Waals surface area (Å²) >= 11 is 0. The molecular weight excluding hydrogens is 953 g/mol. The molecule has 0 saturated heterocycles. The second kappa shape index (κ2) is 25.7. The van der Waals surface area contributed by atoms with Gasteiger partial charge in [0, 0.05) is 0 Å². The van der Waals surface area contributed by atoms with Gasteiger partial charge >= 0.3 is 43.4 Å². The van der Waals surface area contributed by atoms with Gasteiger partial charge in [-0.3, -0.25) is 12.2 Å². The van der Waals surface area contributed by atoms with Crippen molar-refractivity contribution in [3.63, 3.8) is 0 Å². The fourth-order valence-electron chi connectivity index (χ4n) is 10.5. The van der Waals surface area contributed by atoms with Gasteiger partial charge in [-0.1, -0.05) is 230 Å². The van der Waals surface area contributed by atoms with Crippen molar-refractivity contribution in [2.45, 2.75) is 159 Å². The molecule has 4 aromatic rings. The largest absolute Gasteiger partial charge is 4.00 e. The van der Waals surface area contributed by atoms with E-state index in [0.717, 1.165) is 0 Å². The van der Waals surface area contributed by atoms with Gasteiger partial charge in [0.25, 0.3) is 0 Å². The van der Waals surface area contributed by atoms with Crippen molar-refractivity contribution in [3.8, 4) is 0 Å². The van der Waals surface area contributed by atoms with Gasteiger partial charge in [-0.05, 0) is 52.7 Å². The molecule has 2 aliphatic rings. The summed E-state index contributed by atoms with van der Waals surface area (Å²) in [5.74, 6) is 0. The van der Waals surface area contributed by atoms with E-state index in [-0.39, 0.29) is 98.1 Å². The summed E-state index contributed by atoms with van der Waals surface area (Å²) in [4.78, 5) is 0. The number of hydrogen-bond donors (Lipinski definition) is 0. The third-order valence-corrected chi connectivity index (χ3v) is 30.9. The maximum atomic E-state index is 4.01. The van der Waals surface area contributed by atoms with E-state index in [0.29, 0.717) is 0 Å². The first kappa shape index (κ1) is 72.7. The summed E-state index contributed by atoms with van der Waals surface area (Å²) in [5, 5.41) is 9.28. The molecule has 0 aromatic heterocycles. The van der Waals surface area contributed by atoms with Crippen LogP contribution >= 0.6 is 0 Å². The Morgan fingerprint density at radius 1 is 0.382 bits per heavy atom. The van der Waals surface area contributed by atoms with Gasteiger partial charge in [0.2, 0.25) is 0 Å². The third-order valence-electron chi connectivity index (χ3n) is 15.7. The van der Waals surface area contributed by atoms with Crippen LogP contribution in [0, 0.1) is 98.3 Å². The quantitative estimate of drug-likeness (QED) is 0.122. The maximum absolute atomic E-state index is 4.01. The predicted octanol–water partition coefficient (Wildman–Crippen LogP) is 15.1. The molecule has 0 radical (unpaired) electrons. The Labute approximate surface area is 458 Å². The van der Waals surface area contributed by atoms with Crippen molar-refractivity contribution >= 4 is 63.4 Å². The molecule has 4 aromatic carbocycles. The second-order valence-corrected chi connectivity index (χ2v) is 40.6. The van der Waals surface area contributed by atoms with E-state index in [2.05, 4.69) is 234 Å². The Balaban J connectivity index is -0.000000539. The Hall–Kier alpha value is -1.86. The number of allylic oxidation sites excluding steroid dienone is 8. The summed E-state index contributed by atoms with van der Waals surface area (Å²) in [6, 6.07) is 29.0. The van der Waals surface area contributed by atoms with Crippen LogP contribution in [0.25, 0.3) is 0 Å². The number of aryl methyl sites for hydroxylation is 5. The first-order chi connectivity index (χ1) is 27.4. The number of benzene rings is 4. The summed E-state index contributed by atoms with van der Waals surface area (Å²) in [7, 11) is -7.29. The van der Waals surface area contributed by atoms with Crippen LogP contribution in [0.15, 0.2) is 106 Å². The standard InChI is InChI=1S/2C28H39Si2.6CH3.2Ti/c1-19-12-13-27(21(3)14-19)30(11,28(7)18-22(4)23(5)24(28)6)26-16-20(2)15-25(17-26)29(8,9)10;1-19-15-25(29(8,9)10)17-26(16-19)30(11,27-14-12-13-20(2)23(27)5)28(7)18-21(3)22(4)24(28)6;;;;;;;;/h2*12-17H,1-11H3;6*1H3;;/q8*-1;2*+4. The molecular formula is C62H96Si4Ti2. The van der Waals surface area contributed by atoms with E-state index in [9.17, 15) is 0 Å². The molecule has 6 heteroatoms. The van der Waals surface area contributed by atoms with Crippen molar-refractivity contribution in [2.24, 2.45) is 0 Å². The van der Waals surface area contributed by atoms with Gasteiger partial charge in [0.1, 0.15) is 16.1 Å². The fourth-order valence-corrected chi connectivity index (χ4v) is 23.5. The Kier molecular flexibility index (Phi) is 27.5. The van der Waals surface area contributed by atoms with E-state index in [1.54, 1.807) is 31.1 Å². The third kappa shape index (κ3) is 12.8. The molecule has 0 nitrogen and oxygen atoms in total. The van der Waals surface area contributed by atoms with E-state index in [1.165, 1.54) is 66.8 Å². The minimum atomic E-state index is -2.22. The molecule has 4 unspecified atom stereocenters. The van der Waals surface area contributed by atoms with Crippen LogP contribution in [-0.2, 0) is 43.4 Å². The van der Waals surface area contributed by atoms with Gasteiger partial charge in [-0.15, -0.1) is 13.8 Å². The molecule has 0 N–H and O–H groups in total. The van der Waals surface area contributed by atoms with Crippen LogP contribution in [0.5, 0.6) is 0 Å². The SMILES string of the molecule is CC1=[C-]C(C)([Si](C)(c2cc(C)cc([Si](C)(C)C)c2)c2ccc(C)cc2C)C(C)=C1C.CC1=[C-]C(C)([Si](C)(c2cc(C)cc([Si](C)(C)C)c2)c2cccc(C)c2C)C(C)=C1C.[CH3-].[CH3-].[CH3-].[CH3-].[CH3-].[CH3-].[Ti+4].[Ti+4]. The monoisotopic (exact) mass is 1050 g/mol. The zero-order chi connectivity index (χ0) is 45.3. The molecule has 6 rings (SSSR count). The molecule has 0 bridgehead atoms. The van der Waals surface area contributed by atoms with Crippen molar-refractivity contribution < 1.29 is 43.4 Å². The topological polar surface area (TPSA) is 0 Å². The van der Waals surface area contributed by atoms with Crippen LogP contribution in [0.4, 0.5) is 0 Å². The van der Waals surface area contributed by atoms with Crippen LogP contribution in [-0.4, -0.2) is 32.3 Å². The first-order valence-corrected chi connectivity index (χ1v) is 34.4. The van der Waals surface area contributed by atoms with Gasteiger partial charge in [-0.2, -0.15) is 22.3 Å². The normalized spacial score (nSPS) is 19.1. The zero-order valence-corrected chi connectivity index (χ0v) is 56.1. The predicted molar refractivity (Wildman–Crippen MR) is 319 cm³/mol. The van der Waals surface area contributed by atoms with Crippen molar-refractivity contribution in [1.82, 2.24) is 0 Å². The van der Waals surface area contributed by atoms with Gasteiger partial charge in [0.05, 0.1) is 16.1 Å². The van der Waals surface area contributed by atoms with Crippen molar-refractivity contribution in [1.29, 1.82) is 0 Å². The van der Waals surface area contributed by atoms with Crippen molar-refractivity contribution in [3.05, 3.63) is 196 Å². The smallest absolute Gasteiger partial charge is 0.358 e. The number of rotatable bonds is 8. The van der Waals surface area contributed by atoms with Crippen LogP contribution in [0.1, 0.15) is 88.8 Å². The molecule has 0 heterocycles. The van der Waals surface area contributed by atoms with Gasteiger partial charge in [-0.25, -0.2) is 11.1 Å². The summed E-state index contributed by atoms with van der Waals surface area (Å²) in [6.45, 7) is 52.3.